The number of H-pyrrole nitrogens is 2. The average molecular weight is 494 g/mol. The minimum atomic E-state index is 0.357. The molecule has 3 N–H and O–H groups in total. The maximum atomic E-state index is 4.77. The minimum Gasteiger partial charge on any atom is -0.342 e. The Hall–Kier alpha value is -3.22. The summed E-state index contributed by atoms with van der Waals surface area (Å²) in [5, 5.41) is 4.84. The second kappa shape index (κ2) is 9.02. The Morgan fingerprint density at radius 3 is 2.31 bits per heavy atom. The molecular formula is C30H31N5S. The van der Waals surface area contributed by atoms with Gasteiger partial charge in [-0.05, 0) is 61.9 Å². The van der Waals surface area contributed by atoms with Gasteiger partial charge in [-0.1, -0.05) is 49.2 Å². The minimum absolute atomic E-state index is 0.357. The molecule has 5 aromatic rings. The molecule has 0 amide bonds. The highest BCUT2D eigenvalue weighted by Gasteiger charge is 2.22. The average Bonchev–Trinajstić information content (AvgIpc) is 3.73. The Kier molecular flexibility index (Phi) is 5.51. The fourth-order valence-corrected chi connectivity index (χ4v) is 7.06. The second-order valence-corrected chi connectivity index (χ2v) is 11.6. The van der Waals surface area contributed by atoms with Crippen LogP contribution in [0.15, 0.2) is 54.9 Å². The van der Waals surface area contributed by atoms with E-state index < -0.39 is 0 Å². The van der Waals surface area contributed by atoms with Crippen LogP contribution in [-0.2, 0) is 0 Å². The number of thiophene rings is 1. The van der Waals surface area contributed by atoms with Gasteiger partial charge in [-0.2, -0.15) is 0 Å². The lowest BCUT2D eigenvalue weighted by Gasteiger charge is -2.09. The predicted octanol–water partition coefficient (Wildman–Crippen LogP) is 7.74. The second-order valence-electron chi connectivity index (χ2n) is 10.3. The first-order valence-corrected chi connectivity index (χ1v) is 14.0. The standard InChI is InChI=1S/C30H31N5S/c1-18-15-24-22(12-13-23(28(24)36-18)27-17-32-29(35-27)21-5-2-3-6-21)19-8-10-20(11-9-19)26-16-33-30(34-26)25-7-4-14-31-25/h8-13,15-17,21,25,31H,2-7,14H2,1H3,(H,32,35)(H,33,34)/t25-/m0/s1. The van der Waals surface area contributed by atoms with Crippen molar-refractivity contribution in [3.05, 3.63) is 71.4 Å². The molecule has 4 heterocycles. The summed E-state index contributed by atoms with van der Waals surface area (Å²) in [6, 6.07) is 16.1. The predicted molar refractivity (Wildman–Crippen MR) is 148 cm³/mol. The number of hydrogen-bond donors (Lipinski definition) is 3. The van der Waals surface area contributed by atoms with E-state index in [0.29, 0.717) is 12.0 Å². The number of nitrogens with one attached hydrogen (secondary N) is 3. The first kappa shape index (κ1) is 22.0. The number of nitrogens with zero attached hydrogens (tertiary/aromatic N) is 2. The van der Waals surface area contributed by atoms with Crippen LogP contribution in [0.25, 0.3) is 43.7 Å². The largest absolute Gasteiger partial charge is 0.342 e. The van der Waals surface area contributed by atoms with Crippen LogP contribution in [-0.4, -0.2) is 26.5 Å². The lowest BCUT2D eigenvalue weighted by Crippen LogP contribution is -2.14. The number of benzene rings is 2. The van der Waals surface area contributed by atoms with Crippen LogP contribution in [0.2, 0.25) is 0 Å². The molecule has 1 saturated carbocycles. The molecule has 0 spiro atoms. The van der Waals surface area contributed by atoms with E-state index in [1.165, 1.54) is 69.3 Å². The summed E-state index contributed by atoms with van der Waals surface area (Å²) < 4.78 is 1.33. The highest BCUT2D eigenvalue weighted by molar-refractivity contribution is 7.19. The van der Waals surface area contributed by atoms with E-state index in [4.69, 9.17) is 4.98 Å². The molecule has 1 aliphatic carbocycles. The van der Waals surface area contributed by atoms with Gasteiger partial charge in [0.2, 0.25) is 0 Å². The van der Waals surface area contributed by atoms with Gasteiger partial charge in [0.05, 0.1) is 29.8 Å². The lowest BCUT2D eigenvalue weighted by atomic mass is 9.97. The Morgan fingerprint density at radius 2 is 1.50 bits per heavy atom. The summed E-state index contributed by atoms with van der Waals surface area (Å²) in [5.41, 5.74) is 7.15. The number of aromatic nitrogens is 4. The SMILES string of the molecule is Cc1cc2c(-c3ccc(-c4cnc([C@@H]5CCCN5)[nH]4)cc3)ccc(-c3cnc(C4CCCC4)[nH]3)c2s1. The van der Waals surface area contributed by atoms with Gasteiger partial charge in [0.15, 0.2) is 0 Å². The van der Waals surface area contributed by atoms with Gasteiger partial charge in [-0.25, -0.2) is 9.97 Å². The highest BCUT2D eigenvalue weighted by Crippen LogP contribution is 2.41. The molecule has 5 nitrogen and oxygen atoms in total. The fraction of sp³-hybridized carbons (Fsp3) is 0.333. The molecule has 2 fully saturated rings. The molecule has 1 atom stereocenters. The van der Waals surface area contributed by atoms with E-state index >= 15 is 0 Å². The Morgan fingerprint density at radius 1 is 0.778 bits per heavy atom. The molecule has 2 aliphatic rings. The van der Waals surface area contributed by atoms with E-state index in [-0.39, 0.29) is 0 Å². The molecule has 0 unspecified atom stereocenters. The monoisotopic (exact) mass is 493 g/mol. The third kappa shape index (κ3) is 3.89. The molecule has 2 aromatic carbocycles. The molecular weight excluding hydrogens is 462 g/mol. The van der Waals surface area contributed by atoms with E-state index in [1.54, 1.807) is 0 Å². The van der Waals surface area contributed by atoms with Crippen molar-refractivity contribution in [2.24, 2.45) is 0 Å². The van der Waals surface area contributed by atoms with Gasteiger partial charge in [-0.15, -0.1) is 11.3 Å². The number of imidazole rings is 2. The molecule has 0 radical (unpaired) electrons. The third-order valence-electron chi connectivity index (χ3n) is 7.93. The Balaban J connectivity index is 1.21. The van der Waals surface area contributed by atoms with Crippen LogP contribution in [0.1, 0.15) is 67.0 Å². The number of aryl methyl sites for hydroxylation is 1. The first-order chi connectivity index (χ1) is 17.7. The van der Waals surface area contributed by atoms with Crippen molar-refractivity contribution < 1.29 is 0 Å². The summed E-state index contributed by atoms with van der Waals surface area (Å²) in [6.45, 7) is 3.28. The molecule has 3 aromatic heterocycles. The van der Waals surface area contributed by atoms with Crippen molar-refractivity contribution in [1.82, 2.24) is 25.3 Å². The summed E-state index contributed by atoms with van der Waals surface area (Å²) >= 11 is 1.87. The normalized spacial score (nSPS) is 18.5. The molecule has 1 aliphatic heterocycles. The summed E-state index contributed by atoms with van der Waals surface area (Å²) in [5.74, 6) is 2.80. The third-order valence-corrected chi connectivity index (χ3v) is 9.01. The van der Waals surface area contributed by atoms with Crippen LogP contribution in [0.3, 0.4) is 0 Å². The highest BCUT2D eigenvalue weighted by atomic mass is 32.1. The van der Waals surface area contributed by atoms with E-state index in [9.17, 15) is 0 Å². The van der Waals surface area contributed by atoms with Gasteiger partial charge in [-0.3, -0.25) is 0 Å². The van der Waals surface area contributed by atoms with Crippen molar-refractivity contribution in [2.75, 3.05) is 6.54 Å². The Labute approximate surface area is 215 Å². The first-order valence-electron chi connectivity index (χ1n) is 13.2. The zero-order valence-electron chi connectivity index (χ0n) is 20.6. The molecule has 1 saturated heterocycles. The van der Waals surface area contributed by atoms with Gasteiger partial charge >= 0.3 is 0 Å². The fourth-order valence-electron chi connectivity index (χ4n) is 6.00. The van der Waals surface area contributed by atoms with E-state index in [0.717, 1.165) is 36.0 Å². The maximum absolute atomic E-state index is 4.77. The quantitative estimate of drug-likeness (QED) is 0.234. The maximum Gasteiger partial charge on any atom is 0.123 e. The summed E-state index contributed by atoms with van der Waals surface area (Å²) in [7, 11) is 0. The van der Waals surface area contributed by atoms with Crippen LogP contribution >= 0.6 is 11.3 Å². The summed E-state index contributed by atoms with van der Waals surface area (Å²) in [4.78, 5) is 17.9. The van der Waals surface area contributed by atoms with Crippen molar-refractivity contribution >= 4 is 21.4 Å². The van der Waals surface area contributed by atoms with Gasteiger partial charge < -0.3 is 15.3 Å². The lowest BCUT2D eigenvalue weighted by molar-refractivity contribution is 0.613. The van der Waals surface area contributed by atoms with E-state index in [1.807, 2.05) is 23.7 Å². The van der Waals surface area contributed by atoms with Crippen molar-refractivity contribution in [2.45, 2.75) is 57.4 Å². The smallest absolute Gasteiger partial charge is 0.123 e. The van der Waals surface area contributed by atoms with Crippen LogP contribution in [0.5, 0.6) is 0 Å². The van der Waals surface area contributed by atoms with Crippen molar-refractivity contribution in [3.8, 4) is 33.6 Å². The van der Waals surface area contributed by atoms with Crippen LogP contribution < -0.4 is 5.32 Å². The zero-order valence-corrected chi connectivity index (χ0v) is 21.4. The number of aromatic amines is 2. The molecule has 6 heteroatoms. The van der Waals surface area contributed by atoms with Crippen molar-refractivity contribution in [1.29, 1.82) is 0 Å². The molecule has 36 heavy (non-hydrogen) atoms. The molecule has 182 valence electrons. The van der Waals surface area contributed by atoms with Gasteiger partial charge in [0, 0.05) is 26.4 Å². The molecule has 0 bridgehead atoms. The summed E-state index contributed by atoms with van der Waals surface area (Å²) in [6.07, 6.45) is 11.5. The number of rotatable bonds is 5. The van der Waals surface area contributed by atoms with Crippen LogP contribution in [0, 0.1) is 6.92 Å². The Bertz CT molecular complexity index is 1510. The van der Waals surface area contributed by atoms with E-state index in [2.05, 4.69) is 69.7 Å². The van der Waals surface area contributed by atoms with Crippen molar-refractivity contribution in [3.63, 3.8) is 0 Å². The molecule has 7 rings (SSSR count). The topological polar surface area (TPSA) is 69.4 Å². The van der Waals surface area contributed by atoms with Gasteiger partial charge in [0.25, 0.3) is 0 Å². The zero-order chi connectivity index (χ0) is 24.1. The van der Waals surface area contributed by atoms with Gasteiger partial charge in [0.1, 0.15) is 11.6 Å². The number of fused-ring (bicyclic) bond motifs is 1. The number of hydrogen-bond acceptors (Lipinski definition) is 4. The van der Waals surface area contributed by atoms with Crippen LogP contribution in [0.4, 0.5) is 0 Å².